The van der Waals surface area contributed by atoms with Crippen LogP contribution in [0.5, 0.6) is 0 Å². The molecule has 0 radical (unpaired) electrons. The fraction of sp³-hybridized carbons (Fsp3) is 0.636. The molecule has 0 saturated heterocycles. The van der Waals surface area contributed by atoms with Crippen molar-refractivity contribution < 1.29 is 25.2 Å². The van der Waals surface area contributed by atoms with E-state index in [0.29, 0.717) is 0 Å². The van der Waals surface area contributed by atoms with Crippen molar-refractivity contribution >= 4 is 20.2 Å². The van der Waals surface area contributed by atoms with Gasteiger partial charge in [-0.05, 0) is 27.7 Å². The highest BCUT2D eigenvalue weighted by Gasteiger charge is 2.14. The maximum atomic E-state index is 11.3. The Balaban J connectivity index is 4.30. The van der Waals surface area contributed by atoms with Gasteiger partial charge in [0.25, 0.3) is 20.2 Å². The lowest BCUT2D eigenvalue weighted by molar-refractivity contribution is 0.133. The first kappa shape index (κ1) is 18.3. The fourth-order valence-electron chi connectivity index (χ4n) is 0.800. The van der Waals surface area contributed by atoms with Gasteiger partial charge in [0.15, 0.2) is 6.79 Å². The second-order valence-corrected chi connectivity index (χ2v) is 7.73. The lowest BCUT2D eigenvalue weighted by Gasteiger charge is -2.05. The predicted octanol–water partition coefficient (Wildman–Crippen LogP) is 1.57. The van der Waals surface area contributed by atoms with Crippen LogP contribution in [0.2, 0.25) is 0 Å². The third-order valence-electron chi connectivity index (χ3n) is 1.85. The van der Waals surface area contributed by atoms with E-state index in [0.717, 1.165) is 11.1 Å². The summed E-state index contributed by atoms with van der Waals surface area (Å²) in [5.74, 6) is -0.626. The van der Waals surface area contributed by atoms with Crippen molar-refractivity contribution in [2.24, 2.45) is 0 Å². The van der Waals surface area contributed by atoms with E-state index in [2.05, 4.69) is 8.37 Å². The molecule has 0 aliphatic carbocycles. The number of rotatable bonds is 8. The summed E-state index contributed by atoms with van der Waals surface area (Å²) in [5, 5.41) is 0. The molecule has 0 amide bonds. The van der Waals surface area contributed by atoms with Crippen molar-refractivity contribution in [2.75, 3.05) is 18.3 Å². The zero-order valence-electron chi connectivity index (χ0n) is 11.5. The monoisotopic (exact) mass is 312 g/mol. The van der Waals surface area contributed by atoms with Crippen molar-refractivity contribution in [2.45, 2.75) is 27.7 Å². The van der Waals surface area contributed by atoms with Gasteiger partial charge in [0.05, 0.1) is 11.5 Å². The number of hydrogen-bond acceptors (Lipinski definition) is 6. The average molecular weight is 312 g/mol. The zero-order chi connectivity index (χ0) is 15.1. The molecular weight excluding hydrogens is 292 g/mol. The molecule has 6 nitrogen and oxygen atoms in total. The minimum absolute atomic E-state index is 0.313. The van der Waals surface area contributed by atoms with Crippen LogP contribution >= 0.6 is 0 Å². The van der Waals surface area contributed by atoms with E-state index >= 15 is 0 Å². The first-order valence-electron chi connectivity index (χ1n) is 5.55. The van der Waals surface area contributed by atoms with E-state index in [1.807, 2.05) is 0 Å². The maximum absolute atomic E-state index is 11.3. The smallest absolute Gasteiger partial charge is 0.240 e. The van der Waals surface area contributed by atoms with E-state index in [9.17, 15) is 16.8 Å². The quantitative estimate of drug-likeness (QED) is 0.384. The van der Waals surface area contributed by atoms with E-state index in [-0.39, 0.29) is 11.5 Å². The molecule has 0 rings (SSSR count). The molecule has 0 aromatic carbocycles. The van der Waals surface area contributed by atoms with Gasteiger partial charge in [0.2, 0.25) is 0 Å². The molecule has 0 aromatic heterocycles. The van der Waals surface area contributed by atoms with Crippen molar-refractivity contribution in [1.82, 2.24) is 0 Å². The molecule has 0 N–H and O–H groups in total. The van der Waals surface area contributed by atoms with Gasteiger partial charge >= 0.3 is 0 Å². The Morgan fingerprint density at radius 1 is 0.789 bits per heavy atom. The highest BCUT2D eigenvalue weighted by Crippen LogP contribution is 2.02. The normalized spacial score (nSPS) is 12.0. The third-order valence-corrected chi connectivity index (χ3v) is 3.91. The Kier molecular flexibility index (Phi) is 7.50. The molecule has 8 heteroatoms. The molecule has 112 valence electrons. The molecular formula is C11H20O6S2. The lowest BCUT2D eigenvalue weighted by atomic mass is 10.3. The van der Waals surface area contributed by atoms with E-state index in [1.165, 1.54) is 12.2 Å². The topological polar surface area (TPSA) is 86.7 Å². The summed E-state index contributed by atoms with van der Waals surface area (Å²) in [7, 11) is -7.62. The second kappa shape index (κ2) is 7.78. The largest absolute Gasteiger partial charge is 0.273 e. The molecule has 0 spiro atoms. The van der Waals surface area contributed by atoms with Crippen LogP contribution in [0.15, 0.2) is 23.3 Å². The van der Waals surface area contributed by atoms with Crippen molar-refractivity contribution in [3.05, 3.63) is 23.3 Å². The third kappa shape index (κ3) is 10.9. The fourth-order valence-corrected chi connectivity index (χ4v) is 2.52. The van der Waals surface area contributed by atoms with Crippen LogP contribution in [-0.4, -0.2) is 35.1 Å². The van der Waals surface area contributed by atoms with Gasteiger partial charge in [0, 0.05) is 0 Å². The molecule has 0 atom stereocenters. The summed E-state index contributed by atoms with van der Waals surface area (Å²) in [6.07, 6.45) is 2.93. The number of hydrogen-bond donors (Lipinski definition) is 0. The molecule has 0 heterocycles. The average Bonchev–Trinajstić information content (AvgIpc) is 2.23. The summed E-state index contributed by atoms with van der Waals surface area (Å²) in [6.45, 7) is 6.15. The standard InChI is InChI=1S/C11H20O6S2/c1-10(2)5-7-18(12,13)16-9-17-19(14,15)8-6-11(3)4/h5-6H,7-9H2,1-4H3. The van der Waals surface area contributed by atoms with Crippen molar-refractivity contribution in [1.29, 1.82) is 0 Å². The van der Waals surface area contributed by atoms with Gasteiger partial charge in [-0.15, -0.1) is 0 Å². The summed E-state index contributed by atoms with van der Waals surface area (Å²) in [4.78, 5) is 0. The van der Waals surface area contributed by atoms with Crippen LogP contribution in [0.3, 0.4) is 0 Å². The predicted molar refractivity (Wildman–Crippen MR) is 73.5 cm³/mol. The van der Waals surface area contributed by atoms with Crippen molar-refractivity contribution in [3.63, 3.8) is 0 Å². The molecule has 19 heavy (non-hydrogen) atoms. The SMILES string of the molecule is CC(C)=CCS(=O)(=O)OCOS(=O)(=O)CC=C(C)C. The van der Waals surface area contributed by atoms with Crippen LogP contribution in [0.25, 0.3) is 0 Å². The molecule has 0 bridgehead atoms. The van der Waals surface area contributed by atoms with Gasteiger partial charge < -0.3 is 0 Å². The van der Waals surface area contributed by atoms with Crippen molar-refractivity contribution in [3.8, 4) is 0 Å². The molecule has 0 aromatic rings. The summed E-state index contributed by atoms with van der Waals surface area (Å²) in [6, 6.07) is 0. The summed E-state index contributed by atoms with van der Waals surface area (Å²) >= 11 is 0. The van der Waals surface area contributed by atoms with Crippen LogP contribution in [0.1, 0.15) is 27.7 Å². The Labute approximate surface area is 115 Å². The highest BCUT2D eigenvalue weighted by molar-refractivity contribution is 7.87. The first-order valence-corrected chi connectivity index (χ1v) is 8.70. The van der Waals surface area contributed by atoms with E-state index in [1.54, 1.807) is 27.7 Å². The summed E-state index contributed by atoms with van der Waals surface area (Å²) in [5.41, 5.74) is 1.65. The van der Waals surface area contributed by atoms with Gasteiger partial charge in [-0.1, -0.05) is 23.3 Å². The molecule has 0 unspecified atom stereocenters. The Morgan fingerprint density at radius 3 is 1.37 bits per heavy atom. The van der Waals surface area contributed by atoms with Gasteiger partial charge in [0.1, 0.15) is 0 Å². The van der Waals surface area contributed by atoms with Crippen LogP contribution in [0, 0.1) is 0 Å². The van der Waals surface area contributed by atoms with E-state index in [4.69, 9.17) is 0 Å². The van der Waals surface area contributed by atoms with Gasteiger partial charge in [-0.2, -0.15) is 16.8 Å². The molecule has 0 saturated carbocycles. The Bertz CT molecular complexity index is 482. The lowest BCUT2D eigenvalue weighted by Crippen LogP contribution is -2.16. The molecule has 0 aliphatic rings. The van der Waals surface area contributed by atoms with Gasteiger partial charge in [-0.25, -0.2) is 8.37 Å². The van der Waals surface area contributed by atoms with Crippen LogP contribution < -0.4 is 0 Å². The maximum Gasteiger partial charge on any atom is 0.273 e. The zero-order valence-corrected chi connectivity index (χ0v) is 13.2. The Hall–Kier alpha value is -0.700. The minimum atomic E-state index is -3.81. The summed E-state index contributed by atoms with van der Waals surface area (Å²) < 4.78 is 54.2. The van der Waals surface area contributed by atoms with Gasteiger partial charge in [-0.3, -0.25) is 0 Å². The second-order valence-electron chi connectivity index (χ2n) is 4.37. The minimum Gasteiger partial charge on any atom is -0.240 e. The highest BCUT2D eigenvalue weighted by atomic mass is 32.2. The van der Waals surface area contributed by atoms with Crippen LogP contribution in [-0.2, 0) is 28.6 Å². The van der Waals surface area contributed by atoms with E-state index < -0.39 is 27.0 Å². The Morgan fingerprint density at radius 2 is 1.11 bits per heavy atom. The van der Waals surface area contributed by atoms with Crippen LogP contribution in [0.4, 0.5) is 0 Å². The number of allylic oxidation sites excluding steroid dienone is 2. The first-order chi connectivity index (χ1) is 8.54. The molecule has 0 aliphatic heterocycles. The molecule has 0 fully saturated rings.